The molecule has 124 valence electrons. The smallest absolute Gasteiger partial charge is 0.417 e. The average Bonchev–Trinajstić information content (AvgIpc) is 2.34. The lowest BCUT2D eigenvalue weighted by molar-refractivity contribution is -0.140. The number of sulfonamides is 1. The normalized spacial score (nSPS) is 14.1. The van der Waals surface area contributed by atoms with Crippen LogP contribution in [0.1, 0.15) is 19.4 Å². The van der Waals surface area contributed by atoms with Gasteiger partial charge in [-0.1, -0.05) is 25.4 Å². The number of halogens is 4. The molecule has 0 fully saturated rings. The molecule has 10 heteroatoms. The lowest BCUT2D eigenvalue weighted by atomic mass is 10.1. The molecule has 1 atom stereocenters. The van der Waals surface area contributed by atoms with Crippen molar-refractivity contribution in [3.8, 4) is 0 Å². The first-order valence-corrected chi connectivity index (χ1v) is 7.84. The predicted octanol–water partition coefficient (Wildman–Crippen LogP) is 2.75. The fourth-order valence-electron chi connectivity index (χ4n) is 1.60. The van der Waals surface area contributed by atoms with E-state index in [0.717, 1.165) is 12.1 Å². The van der Waals surface area contributed by atoms with Gasteiger partial charge in [0.05, 0.1) is 15.5 Å². The van der Waals surface area contributed by atoms with Gasteiger partial charge in [-0.3, -0.25) is 4.79 Å². The molecular weight excluding hydrogens is 347 g/mol. The second kappa shape index (κ2) is 6.43. The standard InChI is InChI=1S/C12H13ClF3NO4S/c1-6(2)10(11(18)19)17-22(20,21)7-3-4-9(13)8(5-7)12(14,15)16/h3-6,10,17H,1-2H3,(H,18,19)/t10-/m0/s1. The van der Waals surface area contributed by atoms with Gasteiger partial charge in [0.1, 0.15) is 6.04 Å². The molecule has 0 saturated heterocycles. The van der Waals surface area contributed by atoms with E-state index in [-0.39, 0.29) is 0 Å². The Labute approximate surface area is 130 Å². The molecule has 0 aliphatic heterocycles. The van der Waals surface area contributed by atoms with E-state index < -0.39 is 49.6 Å². The molecule has 0 radical (unpaired) electrons. The maximum Gasteiger partial charge on any atom is 0.417 e. The summed E-state index contributed by atoms with van der Waals surface area (Å²) >= 11 is 5.41. The summed E-state index contributed by atoms with van der Waals surface area (Å²) < 4.78 is 64.2. The molecule has 1 rings (SSSR count). The highest BCUT2D eigenvalue weighted by Gasteiger charge is 2.35. The molecule has 22 heavy (non-hydrogen) atoms. The van der Waals surface area contributed by atoms with Crippen molar-refractivity contribution in [2.45, 2.75) is 31.0 Å². The predicted molar refractivity (Wildman–Crippen MR) is 73.0 cm³/mol. The minimum Gasteiger partial charge on any atom is -0.480 e. The van der Waals surface area contributed by atoms with Gasteiger partial charge in [0.15, 0.2) is 0 Å². The average molecular weight is 360 g/mol. The molecule has 5 nitrogen and oxygen atoms in total. The molecule has 0 aliphatic carbocycles. The molecule has 0 spiro atoms. The summed E-state index contributed by atoms with van der Waals surface area (Å²) in [5.41, 5.74) is -1.31. The number of aliphatic carboxylic acids is 1. The summed E-state index contributed by atoms with van der Waals surface area (Å²) in [5, 5.41) is 8.31. The van der Waals surface area contributed by atoms with Crippen LogP contribution >= 0.6 is 11.6 Å². The Morgan fingerprint density at radius 3 is 2.27 bits per heavy atom. The first-order valence-electron chi connectivity index (χ1n) is 5.98. The van der Waals surface area contributed by atoms with Gasteiger partial charge in [0.25, 0.3) is 0 Å². The van der Waals surface area contributed by atoms with Gasteiger partial charge in [0, 0.05) is 0 Å². The van der Waals surface area contributed by atoms with E-state index in [4.69, 9.17) is 16.7 Å². The number of benzene rings is 1. The SMILES string of the molecule is CC(C)[C@H](NS(=O)(=O)c1ccc(Cl)c(C(F)(F)F)c1)C(=O)O. The van der Waals surface area contributed by atoms with E-state index in [1.54, 1.807) is 0 Å². The van der Waals surface area contributed by atoms with Crippen molar-refractivity contribution >= 4 is 27.6 Å². The maximum absolute atomic E-state index is 12.7. The first-order chi connectivity index (χ1) is 9.86. The largest absolute Gasteiger partial charge is 0.480 e. The lowest BCUT2D eigenvalue weighted by Gasteiger charge is -2.18. The number of alkyl halides is 3. The Hall–Kier alpha value is -1.32. The third kappa shape index (κ3) is 4.34. The molecule has 0 aliphatic rings. The van der Waals surface area contributed by atoms with Crippen LogP contribution in [0, 0.1) is 5.92 Å². The third-order valence-corrected chi connectivity index (χ3v) is 4.54. The van der Waals surface area contributed by atoms with Crippen molar-refractivity contribution in [2.75, 3.05) is 0 Å². The highest BCUT2D eigenvalue weighted by molar-refractivity contribution is 7.89. The second-order valence-corrected chi connectivity index (χ2v) is 6.94. The molecule has 1 aromatic rings. The van der Waals surface area contributed by atoms with Gasteiger partial charge in [-0.2, -0.15) is 17.9 Å². The van der Waals surface area contributed by atoms with E-state index in [0.29, 0.717) is 6.07 Å². The van der Waals surface area contributed by atoms with E-state index in [1.807, 2.05) is 4.72 Å². The molecule has 0 bridgehead atoms. The van der Waals surface area contributed by atoms with E-state index >= 15 is 0 Å². The molecule has 1 aromatic carbocycles. The zero-order valence-corrected chi connectivity index (χ0v) is 13.1. The third-order valence-electron chi connectivity index (χ3n) is 2.77. The van der Waals surface area contributed by atoms with Crippen LogP contribution in [0.3, 0.4) is 0 Å². The van der Waals surface area contributed by atoms with E-state index in [1.165, 1.54) is 13.8 Å². The monoisotopic (exact) mass is 359 g/mol. The van der Waals surface area contributed by atoms with Gasteiger partial charge in [-0.05, 0) is 24.1 Å². The van der Waals surface area contributed by atoms with E-state index in [9.17, 15) is 26.4 Å². The van der Waals surface area contributed by atoms with Gasteiger partial charge in [-0.15, -0.1) is 0 Å². The number of carboxylic acid groups (broad SMARTS) is 1. The Morgan fingerprint density at radius 2 is 1.86 bits per heavy atom. The topological polar surface area (TPSA) is 83.5 Å². The summed E-state index contributed by atoms with van der Waals surface area (Å²) in [6.07, 6.45) is -4.83. The van der Waals surface area contributed by atoms with Crippen LogP contribution < -0.4 is 4.72 Å². The van der Waals surface area contributed by atoms with Crippen LogP contribution in [0.25, 0.3) is 0 Å². The van der Waals surface area contributed by atoms with Gasteiger partial charge < -0.3 is 5.11 Å². The first kappa shape index (κ1) is 18.7. The summed E-state index contributed by atoms with van der Waals surface area (Å²) in [6, 6.07) is 0.572. The zero-order chi connectivity index (χ0) is 17.3. The van der Waals surface area contributed by atoms with Gasteiger partial charge >= 0.3 is 12.1 Å². The van der Waals surface area contributed by atoms with Crippen molar-refractivity contribution in [2.24, 2.45) is 5.92 Å². The van der Waals surface area contributed by atoms with E-state index in [2.05, 4.69) is 0 Å². The highest BCUT2D eigenvalue weighted by atomic mass is 35.5. The second-order valence-electron chi connectivity index (χ2n) is 4.82. The number of rotatable bonds is 5. The quantitative estimate of drug-likeness (QED) is 0.846. The van der Waals surface area contributed by atoms with Gasteiger partial charge in [-0.25, -0.2) is 8.42 Å². The number of carboxylic acids is 1. The summed E-state index contributed by atoms with van der Waals surface area (Å²) in [5.74, 6) is -2.02. The van der Waals surface area contributed by atoms with Gasteiger partial charge in [0.2, 0.25) is 10.0 Å². The van der Waals surface area contributed by atoms with Crippen molar-refractivity contribution in [1.82, 2.24) is 4.72 Å². The number of hydrogen-bond acceptors (Lipinski definition) is 3. The van der Waals surface area contributed by atoms with Crippen LogP contribution in [-0.2, 0) is 21.0 Å². The Balaban J connectivity index is 3.27. The minimum atomic E-state index is -4.83. The molecule has 0 saturated carbocycles. The maximum atomic E-state index is 12.7. The molecule has 0 unspecified atom stereocenters. The lowest BCUT2D eigenvalue weighted by Crippen LogP contribution is -2.44. The highest BCUT2D eigenvalue weighted by Crippen LogP contribution is 2.35. The molecule has 0 heterocycles. The van der Waals surface area contributed by atoms with Crippen LogP contribution in [0.5, 0.6) is 0 Å². The van der Waals surface area contributed by atoms with Crippen molar-refractivity contribution in [3.05, 3.63) is 28.8 Å². The van der Waals surface area contributed by atoms with Crippen molar-refractivity contribution in [1.29, 1.82) is 0 Å². The fraction of sp³-hybridized carbons (Fsp3) is 0.417. The minimum absolute atomic E-state index is 0.365. The summed E-state index contributed by atoms with van der Waals surface area (Å²) in [7, 11) is -4.44. The number of hydrogen-bond donors (Lipinski definition) is 2. The Morgan fingerprint density at radius 1 is 1.32 bits per heavy atom. The zero-order valence-electron chi connectivity index (χ0n) is 11.5. The number of nitrogens with one attached hydrogen (secondary N) is 1. The van der Waals surface area contributed by atoms with Crippen LogP contribution in [0.4, 0.5) is 13.2 Å². The molecular formula is C12H13ClF3NO4S. The molecule has 0 aromatic heterocycles. The molecule has 0 amide bonds. The Kier molecular flexibility index (Phi) is 5.47. The van der Waals surface area contributed by atoms with Crippen molar-refractivity contribution in [3.63, 3.8) is 0 Å². The van der Waals surface area contributed by atoms with Crippen LogP contribution in [-0.4, -0.2) is 25.5 Å². The Bertz CT molecular complexity index is 673. The van der Waals surface area contributed by atoms with Crippen LogP contribution in [0.15, 0.2) is 23.1 Å². The summed E-state index contributed by atoms with van der Waals surface area (Å²) in [4.78, 5) is 10.3. The molecule has 2 N–H and O–H groups in total. The number of carbonyl (C=O) groups is 1. The summed E-state index contributed by atoms with van der Waals surface area (Å²) in [6.45, 7) is 2.93. The van der Waals surface area contributed by atoms with Crippen molar-refractivity contribution < 1.29 is 31.5 Å². The van der Waals surface area contributed by atoms with Crippen LogP contribution in [0.2, 0.25) is 5.02 Å². The fourth-order valence-corrected chi connectivity index (χ4v) is 3.18.